The fourth-order valence-corrected chi connectivity index (χ4v) is 1.61. The van der Waals surface area contributed by atoms with Crippen molar-refractivity contribution in [1.82, 2.24) is 0 Å². The zero-order chi connectivity index (χ0) is 12.3. The van der Waals surface area contributed by atoms with Crippen molar-refractivity contribution in [3.63, 3.8) is 0 Å². The van der Waals surface area contributed by atoms with Gasteiger partial charge in [0.15, 0.2) is 0 Å². The Morgan fingerprint density at radius 3 is 2.53 bits per heavy atom. The molecule has 0 unspecified atom stereocenters. The minimum Gasteiger partial charge on any atom is -0.508 e. The molecular weight excluding hydrogens is 257 g/mol. The SMILES string of the molecule is Oc1cccc(C=Nc2ccc(Cl)c(Cl)c2)c1. The van der Waals surface area contributed by atoms with Crippen molar-refractivity contribution in [1.29, 1.82) is 0 Å². The molecule has 2 rings (SSSR count). The van der Waals surface area contributed by atoms with Gasteiger partial charge in [0.1, 0.15) is 5.75 Å². The summed E-state index contributed by atoms with van der Waals surface area (Å²) in [5.74, 6) is 0.211. The molecule has 1 N–H and O–H groups in total. The van der Waals surface area contributed by atoms with Gasteiger partial charge in [-0.1, -0.05) is 35.3 Å². The predicted octanol–water partition coefficient (Wildman–Crippen LogP) is 4.45. The average molecular weight is 266 g/mol. The molecule has 0 spiro atoms. The molecule has 0 saturated carbocycles. The van der Waals surface area contributed by atoms with Gasteiger partial charge in [-0.15, -0.1) is 0 Å². The summed E-state index contributed by atoms with van der Waals surface area (Å²) in [6, 6.07) is 12.0. The number of phenols is 1. The molecule has 0 radical (unpaired) electrons. The van der Waals surface area contributed by atoms with Crippen LogP contribution in [0.3, 0.4) is 0 Å². The molecule has 0 saturated heterocycles. The van der Waals surface area contributed by atoms with Crippen molar-refractivity contribution in [2.75, 3.05) is 0 Å². The van der Waals surface area contributed by atoms with Gasteiger partial charge < -0.3 is 5.11 Å². The number of nitrogens with zero attached hydrogens (tertiary/aromatic N) is 1. The third kappa shape index (κ3) is 3.22. The summed E-state index contributed by atoms with van der Waals surface area (Å²) >= 11 is 11.7. The summed E-state index contributed by atoms with van der Waals surface area (Å²) < 4.78 is 0. The summed E-state index contributed by atoms with van der Waals surface area (Å²) in [4.78, 5) is 4.24. The van der Waals surface area contributed by atoms with E-state index in [9.17, 15) is 5.11 Å². The third-order valence-corrected chi connectivity index (χ3v) is 2.88. The van der Waals surface area contributed by atoms with Crippen LogP contribution in [0.15, 0.2) is 47.5 Å². The first-order valence-electron chi connectivity index (χ1n) is 4.93. The van der Waals surface area contributed by atoms with Gasteiger partial charge in [0, 0.05) is 6.21 Å². The second kappa shape index (κ2) is 5.21. The van der Waals surface area contributed by atoms with Crippen LogP contribution < -0.4 is 0 Å². The van der Waals surface area contributed by atoms with E-state index in [4.69, 9.17) is 23.2 Å². The normalized spacial score (nSPS) is 10.9. The molecule has 0 aliphatic rings. The fraction of sp³-hybridized carbons (Fsp3) is 0. The third-order valence-electron chi connectivity index (χ3n) is 2.14. The second-order valence-electron chi connectivity index (χ2n) is 3.45. The maximum Gasteiger partial charge on any atom is 0.116 e. The minimum atomic E-state index is 0.211. The molecule has 0 aromatic heterocycles. The van der Waals surface area contributed by atoms with Crippen LogP contribution in [-0.4, -0.2) is 11.3 Å². The number of aromatic hydroxyl groups is 1. The number of halogens is 2. The van der Waals surface area contributed by atoms with Crippen molar-refractivity contribution < 1.29 is 5.11 Å². The summed E-state index contributed by atoms with van der Waals surface area (Å²) in [7, 11) is 0. The van der Waals surface area contributed by atoms with Gasteiger partial charge >= 0.3 is 0 Å². The zero-order valence-electron chi connectivity index (χ0n) is 8.77. The van der Waals surface area contributed by atoms with E-state index in [0.717, 1.165) is 5.56 Å². The van der Waals surface area contributed by atoms with Gasteiger partial charge in [0.25, 0.3) is 0 Å². The molecule has 0 amide bonds. The summed E-state index contributed by atoms with van der Waals surface area (Å²) in [5, 5.41) is 10.3. The largest absolute Gasteiger partial charge is 0.508 e. The topological polar surface area (TPSA) is 32.6 Å². The number of hydrogen-bond donors (Lipinski definition) is 1. The standard InChI is InChI=1S/C13H9Cl2NO/c14-12-5-4-10(7-13(12)15)16-8-9-2-1-3-11(17)6-9/h1-8,17H. The van der Waals surface area contributed by atoms with Crippen molar-refractivity contribution in [2.45, 2.75) is 0 Å². The van der Waals surface area contributed by atoms with E-state index in [1.807, 2.05) is 6.07 Å². The van der Waals surface area contributed by atoms with E-state index in [1.54, 1.807) is 42.6 Å². The van der Waals surface area contributed by atoms with Crippen LogP contribution in [0.4, 0.5) is 5.69 Å². The Morgan fingerprint density at radius 2 is 1.82 bits per heavy atom. The Morgan fingerprint density at radius 1 is 1.00 bits per heavy atom. The van der Waals surface area contributed by atoms with Gasteiger partial charge in [-0.25, -0.2) is 0 Å². The van der Waals surface area contributed by atoms with E-state index >= 15 is 0 Å². The lowest BCUT2D eigenvalue weighted by Gasteiger charge is -1.98. The first kappa shape index (κ1) is 12.0. The van der Waals surface area contributed by atoms with Crippen LogP contribution >= 0.6 is 23.2 Å². The van der Waals surface area contributed by atoms with Crippen LogP contribution in [-0.2, 0) is 0 Å². The molecule has 2 nitrogen and oxygen atoms in total. The van der Waals surface area contributed by atoms with Crippen molar-refractivity contribution in [3.8, 4) is 5.75 Å². The van der Waals surface area contributed by atoms with Gasteiger partial charge in [-0.2, -0.15) is 0 Å². The highest BCUT2D eigenvalue weighted by Gasteiger charge is 1.97. The van der Waals surface area contributed by atoms with Crippen LogP contribution in [0.2, 0.25) is 10.0 Å². The monoisotopic (exact) mass is 265 g/mol. The maximum atomic E-state index is 9.29. The van der Waals surface area contributed by atoms with Gasteiger partial charge in [-0.05, 0) is 35.9 Å². The highest BCUT2D eigenvalue weighted by molar-refractivity contribution is 6.42. The Kier molecular flexibility index (Phi) is 3.67. The molecule has 0 aliphatic heterocycles. The fourth-order valence-electron chi connectivity index (χ4n) is 1.32. The van der Waals surface area contributed by atoms with E-state index in [2.05, 4.69) is 4.99 Å². The van der Waals surface area contributed by atoms with Crippen molar-refractivity contribution in [2.24, 2.45) is 4.99 Å². The second-order valence-corrected chi connectivity index (χ2v) is 4.27. The first-order chi connectivity index (χ1) is 8.15. The molecule has 2 aromatic carbocycles. The Labute approximate surface area is 109 Å². The van der Waals surface area contributed by atoms with Gasteiger partial charge in [0.2, 0.25) is 0 Å². The number of phenolic OH excluding ortho intramolecular Hbond substituents is 1. The van der Waals surface area contributed by atoms with E-state index in [0.29, 0.717) is 15.7 Å². The highest BCUT2D eigenvalue weighted by Crippen LogP contribution is 2.26. The van der Waals surface area contributed by atoms with Crippen LogP contribution in [0.25, 0.3) is 0 Å². The average Bonchev–Trinajstić information content (AvgIpc) is 2.31. The molecule has 2 aromatic rings. The molecule has 0 bridgehead atoms. The summed E-state index contributed by atoms with van der Waals surface area (Å²) in [5.41, 5.74) is 1.53. The molecule has 0 heterocycles. The lowest BCUT2D eigenvalue weighted by molar-refractivity contribution is 0.475. The lowest BCUT2D eigenvalue weighted by Crippen LogP contribution is -1.79. The smallest absolute Gasteiger partial charge is 0.116 e. The van der Waals surface area contributed by atoms with E-state index < -0.39 is 0 Å². The van der Waals surface area contributed by atoms with Gasteiger partial charge in [-0.3, -0.25) is 4.99 Å². The van der Waals surface area contributed by atoms with Crippen molar-refractivity contribution in [3.05, 3.63) is 58.1 Å². The zero-order valence-corrected chi connectivity index (χ0v) is 10.3. The molecule has 0 atom stereocenters. The van der Waals surface area contributed by atoms with Gasteiger partial charge in [0.05, 0.1) is 15.7 Å². The lowest BCUT2D eigenvalue weighted by atomic mass is 10.2. The molecule has 4 heteroatoms. The molecule has 0 aliphatic carbocycles. The minimum absolute atomic E-state index is 0.211. The molecule has 86 valence electrons. The van der Waals surface area contributed by atoms with Crippen LogP contribution in [0.1, 0.15) is 5.56 Å². The number of aliphatic imine (C=N–C) groups is 1. The first-order valence-corrected chi connectivity index (χ1v) is 5.69. The number of benzene rings is 2. The Balaban J connectivity index is 2.23. The summed E-state index contributed by atoms with van der Waals surface area (Å²) in [6.07, 6.45) is 1.65. The highest BCUT2D eigenvalue weighted by atomic mass is 35.5. The number of hydrogen-bond acceptors (Lipinski definition) is 2. The Bertz CT molecular complexity index is 567. The molecule has 17 heavy (non-hydrogen) atoms. The van der Waals surface area contributed by atoms with E-state index in [-0.39, 0.29) is 5.75 Å². The van der Waals surface area contributed by atoms with Crippen LogP contribution in [0, 0.1) is 0 Å². The summed E-state index contributed by atoms with van der Waals surface area (Å²) in [6.45, 7) is 0. The van der Waals surface area contributed by atoms with E-state index in [1.165, 1.54) is 0 Å². The predicted molar refractivity (Wildman–Crippen MR) is 71.8 cm³/mol. The number of rotatable bonds is 2. The van der Waals surface area contributed by atoms with Crippen molar-refractivity contribution >= 4 is 35.1 Å². The van der Waals surface area contributed by atoms with Crippen LogP contribution in [0.5, 0.6) is 5.75 Å². The maximum absolute atomic E-state index is 9.29. The Hall–Kier alpha value is -1.51. The quantitative estimate of drug-likeness (QED) is 0.800. The molecular formula is C13H9Cl2NO. The molecule has 0 fully saturated rings.